The second-order valence-electron chi connectivity index (χ2n) is 6.30. The second-order valence-corrected chi connectivity index (χ2v) is 6.30. The first-order valence-corrected chi connectivity index (χ1v) is 8.52. The first-order chi connectivity index (χ1) is 12.6. The van der Waals surface area contributed by atoms with Crippen molar-refractivity contribution in [2.24, 2.45) is 27.2 Å². The van der Waals surface area contributed by atoms with Crippen molar-refractivity contribution in [1.29, 1.82) is 0 Å². The van der Waals surface area contributed by atoms with Crippen molar-refractivity contribution in [1.82, 2.24) is 20.4 Å². The molecule has 0 bridgehead atoms. The van der Waals surface area contributed by atoms with Gasteiger partial charge in [-0.2, -0.15) is 0 Å². The lowest BCUT2D eigenvalue weighted by Gasteiger charge is -2.30. The van der Waals surface area contributed by atoms with Gasteiger partial charge >= 0.3 is 6.03 Å². The van der Waals surface area contributed by atoms with E-state index < -0.39 is 18.0 Å². The van der Waals surface area contributed by atoms with Gasteiger partial charge in [-0.15, -0.1) is 0 Å². The van der Waals surface area contributed by atoms with Crippen LogP contribution in [0.3, 0.4) is 0 Å². The van der Waals surface area contributed by atoms with Gasteiger partial charge in [-0.3, -0.25) is 25.2 Å². The normalized spacial score (nSPS) is 18.2. The van der Waals surface area contributed by atoms with Crippen molar-refractivity contribution in [2.75, 3.05) is 34.2 Å². The SMILES string of the molecule is CN=C(N)N(C)CCC[C@H](N)CC(=O)N(C)C1CN=C(NC(N)=O)NC1=O. The molecule has 1 rings (SSSR count). The molecule has 1 unspecified atom stereocenters. The fourth-order valence-corrected chi connectivity index (χ4v) is 2.51. The van der Waals surface area contributed by atoms with E-state index >= 15 is 0 Å². The van der Waals surface area contributed by atoms with Gasteiger partial charge in [0.2, 0.25) is 11.9 Å². The van der Waals surface area contributed by atoms with Crippen LogP contribution in [0.4, 0.5) is 4.79 Å². The number of primary amides is 1. The van der Waals surface area contributed by atoms with E-state index in [4.69, 9.17) is 17.2 Å². The maximum Gasteiger partial charge on any atom is 0.318 e. The van der Waals surface area contributed by atoms with E-state index in [1.54, 1.807) is 7.05 Å². The van der Waals surface area contributed by atoms with E-state index in [0.29, 0.717) is 18.9 Å². The zero-order valence-electron chi connectivity index (χ0n) is 15.9. The number of guanidine groups is 2. The predicted octanol–water partition coefficient (Wildman–Crippen LogP) is -2.66. The van der Waals surface area contributed by atoms with Gasteiger partial charge < -0.3 is 27.0 Å². The largest absolute Gasteiger partial charge is 0.370 e. The Balaban J connectivity index is 2.46. The lowest BCUT2D eigenvalue weighted by Crippen LogP contribution is -2.58. The first kappa shape index (κ1) is 22.2. The topological polar surface area (TPSA) is 185 Å². The number of rotatable bonds is 7. The maximum atomic E-state index is 12.4. The van der Waals surface area contributed by atoms with Gasteiger partial charge in [0.25, 0.3) is 5.91 Å². The van der Waals surface area contributed by atoms with E-state index in [1.165, 1.54) is 11.9 Å². The zero-order valence-corrected chi connectivity index (χ0v) is 15.9. The smallest absolute Gasteiger partial charge is 0.318 e. The maximum absolute atomic E-state index is 12.4. The van der Waals surface area contributed by atoms with Gasteiger partial charge in [0.05, 0.1) is 6.54 Å². The summed E-state index contributed by atoms with van der Waals surface area (Å²) in [5.41, 5.74) is 16.7. The van der Waals surface area contributed by atoms with Crippen molar-refractivity contribution in [3.63, 3.8) is 0 Å². The highest BCUT2D eigenvalue weighted by Crippen LogP contribution is 2.08. The van der Waals surface area contributed by atoms with Gasteiger partial charge in [-0.1, -0.05) is 0 Å². The molecule has 0 saturated heterocycles. The van der Waals surface area contributed by atoms with E-state index in [-0.39, 0.29) is 30.9 Å². The number of carbonyl (C=O) groups excluding carboxylic acids is 3. The molecule has 2 atom stereocenters. The number of amides is 4. The van der Waals surface area contributed by atoms with Gasteiger partial charge in [0.1, 0.15) is 6.04 Å². The van der Waals surface area contributed by atoms with Crippen LogP contribution in [-0.4, -0.2) is 85.9 Å². The van der Waals surface area contributed by atoms with Crippen molar-refractivity contribution < 1.29 is 14.4 Å². The van der Waals surface area contributed by atoms with Crippen LogP contribution in [-0.2, 0) is 9.59 Å². The van der Waals surface area contributed by atoms with E-state index in [0.717, 1.165) is 6.42 Å². The minimum Gasteiger partial charge on any atom is -0.370 e. The summed E-state index contributed by atoms with van der Waals surface area (Å²) in [5.74, 6) is -0.296. The third kappa shape index (κ3) is 7.09. The summed E-state index contributed by atoms with van der Waals surface area (Å²) >= 11 is 0. The summed E-state index contributed by atoms with van der Waals surface area (Å²) in [6.07, 6.45) is 1.49. The summed E-state index contributed by atoms with van der Waals surface area (Å²) < 4.78 is 0. The molecule has 0 aromatic carbocycles. The lowest BCUT2D eigenvalue weighted by atomic mass is 10.1. The van der Waals surface area contributed by atoms with Crippen molar-refractivity contribution >= 4 is 29.8 Å². The van der Waals surface area contributed by atoms with Crippen LogP contribution in [0.5, 0.6) is 0 Å². The number of hydrogen-bond acceptors (Lipinski definition) is 6. The van der Waals surface area contributed by atoms with Crippen molar-refractivity contribution in [3.05, 3.63) is 0 Å². The highest BCUT2D eigenvalue weighted by Gasteiger charge is 2.31. The Hall–Kier alpha value is -2.89. The van der Waals surface area contributed by atoms with Gasteiger partial charge in [0, 0.05) is 40.2 Å². The molecule has 0 spiro atoms. The van der Waals surface area contributed by atoms with Crippen LogP contribution >= 0.6 is 0 Å². The molecule has 1 heterocycles. The van der Waals surface area contributed by atoms with E-state index in [2.05, 4.69) is 20.6 Å². The number of urea groups is 1. The van der Waals surface area contributed by atoms with Gasteiger partial charge in [0.15, 0.2) is 5.96 Å². The lowest BCUT2D eigenvalue weighted by molar-refractivity contribution is -0.138. The van der Waals surface area contributed by atoms with E-state index in [9.17, 15) is 14.4 Å². The number of nitrogens with two attached hydrogens (primary N) is 3. The first-order valence-electron chi connectivity index (χ1n) is 8.52. The van der Waals surface area contributed by atoms with Crippen LogP contribution in [0.15, 0.2) is 9.98 Å². The molecular formula is C15H29N9O3. The van der Waals surface area contributed by atoms with Gasteiger partial charge in [-0.25, -0.2) is 9.79 Å². The number of nitrogens with zero attached hydrogens (tertiary/aromatic N) is 4. The molecule has 0 radical (unpaired) electrons. The molecule has 8 N–H and O–H groups in total. The predicted molar refractivity (Wildman–Crippen MR) is 102 cm³/mol. The number of hydrogen-bond donors (Lipinski definition) is 5. The zero-order chi connectivity index (χ0) is 20.6. The average molecular weight is 383 g/mol. The summed E-state index contributed by atoms with van der Waals surface area (Å²) in [7, 11) is 4.97. The summed E-state index contributed by atoms with van der Waals surface area (Å²) in [4.78, 5) is 46.3. The number of aliphatic imine (C=N–C) groups is 2. The standard InChI is InChI=1S/C15H29N9O3/c1-19-13(17)23(2)6-4-5-9(16)7-11(25)24(3)10-8-20-15(21-12(10)26)22-14(18)27/h9-10H,4-8,16H2,1-3H3,(H2,17,19)(H4,18,20,21,22,26,27)/t9-,10?/m0/s1. The molecule has 1 aliphatic heterocycles. The van der Waals surface area contributed by atoms with Crippen LogP contribution in [0, 0.1) is 0 Å². The monoisotopic (exact) mass is 383 g/mol. The fourth-order valence-electron chi connectivity index (χ4n) is 2.51. The van der Waals surface area contributed by atoms with Crippen LogP contribution in [0.2, 0.25) is 0 Å². The molecule has 0 aromatic rings. The molecule has 0 aromatic heterocycles. The van der Waals surface area contributed by atoms with Crippen LogP contribution in [0.25, 0.3) is 0 Å². The highest BCUT2D eigenvalue weighted by molar-refractivity contribution is 6.07. The Morgan fingerprint density at radius 3 is 2.63 bits per heavy atom. The Morgan fingerprint density at radius 2 is 2.07 bits per heavy atom. The minimum atomic E-state index is -0.833. The highest BCUT2D eigenvalue weighted by atomic mass is 16.2. The molecule has 4 amide bonds. The Morgan fingerprint density at radius 1 is 1.41 bits per heavy atom. The fraction of sp³-hybridized carbons (Fsp3) is 0.667. The molecule has 12 heteroatoms. The molecule has 152 valence electrons. The summed E-state index contributed by atoms with van der Waals surface area (Å²) in [6, 6.07) is -1.94. The third-order valence-electron chi connectivity index (χ3n) is 4.19. The summed E-state index contributed by atoms with van der Waals surface area (Å²) in [6.45, 7) is 0.704. The van der Waals surface area contributed by atoms with Crippen molar-refractivity contribution in [2.45, 2.75) is 31.3 Å². The third-order valence-corrected chi connectivity index (χ3v) is 4.19. The molecule has 0 fully saturated rings. The molecule has 0 aliphatic carbocycles. The Bertz CT molecular complexity index is 620. The number of nitrogens with one attached hydrogen (secondary N) is 2. The van der Waals surface area contributed by atoms with Crippen LogP contribution in [0.1, 0.15) is 19.3 Å². The minimum absolute atomic E-state index is 0.0271. The molecule has 1 aliphatic rings. The van der Waals surface area contributed by atoms with Crippen molar-refractivity contribution in [3.8, 4) is 0 Å². The molecule has 12 nitrogen and oxygen atoms in total. The molecular weight excluding hydrogens is 354 g/mol. The Kier molecular flexibility index (Phi) is 8.45. The summed E-state index contributed by atoms with van der Waals surface area (Å²) in [5, 5.41) is 4.58. The van der Waals surface area contributed by atoms with Gasteiger partial charge in [-0.05, 0) is 12.8 Å². The second kappa shape index (κ2) is 10.3. The quantitative estimate of drug-likeness (QED) is 0.236. The van der Waals surface area contributed by atoms with E-state index in [1.807, 2.05) is 11.9 Å². The number of likely N-dealkylation sites (N-methyl/N-ethyl adjacent to an activating group) is 1. The molecule has 27 heavy (non-hydrogen) atoms. The Labute approximate surface area is 158 Å². The number of carbonyl (C=O) groups is 3. The van der Waals surface area contributed by atoms with Crippen LogP contribution < -0.4 is 27.8 Å². The molecule has 0 saturated carbocycles. The average Bonchev–Trinajstić information content (AvgIpc) is 2.59.